The molecule has 0 radical (unpaired) electrons. The van der Waals surface area contributed by atoms with Crippen molar-refractivity contribution in [3.05, 3.63) is 39.9 Å². The van der Waals surface area contributed by atoms with Crippen LogP contribution < -0.4 is 11.5 Å². The lowest BCUT2D eigenvalue weighted by molar-refractivity contribution is -0.384. The van der Waals surface area contributed by atoms with Crippen molar-refractivity contribution in [1.82, 2.24) is 0 Å². The van der Waals surface area contributed by atoms with Crippen LogP contribution in [-0.2, 0) is 11.2 Å². The molecule has 6 heteroatoms. The predicted molar refractivity (Wildman–Crippen MR) is 54.0 cm³/mol. The van der Waals surface area contributed by atoms with Crippen molar-refractivity contribution in [3.8, 4) is 0 Å². The summed E-state index contributed by atoms with van der Waals surface area (Å²) in [6.45, 7) is 0. The summed E-state index contributed by atoms with van der Waals surface area (Å²) in [7, 11) is 0. The summed E-state index contributed by atoms with van der Waals surface area (Å²) in [6, 6.07) is 5.08. The van der Waals surface area contributed by atoms with E-state index in [9.17, 15) is 14.9 Å². The lowest BCUT2D eigenvalue weighted by Crippen LogP contribution is -2.38. The molecule has 80 valence electrons. The average Bonchev–Trinajstić information content (AvgIpc) is 2.18. The molecule has 0 aliphatic carbocycles. The number of amides is 1. The minimum Gasteiger partial charge on any atom is -0.368 e. The summed E-state index contributed by atoms with van der Waals surface area (Å²) in [6.07, 6.45) is 0.285. The Morgan fingerprint density at radius 2 is 1.93 bits per heavy atom. The SMILES string of the molecule is NC(=O)[C@H](N)Cc1ccc([N+](=O)[O-])cc1. The van der Waals surface area contributed by atoms with Gasteiger partial charge in [0.2, 0.25) is 5.91 Å². The van der Waals surface area contributed by atoms with Crippen molar-refractivity contribution in [3.63, 3.8) is 0 Å². The zero-order valence-corrected chi connectivity index (χ0v) is 7.92. The van der Waals surface area contributed by atoms with Gasteiger partial charge in [-0.25, -0.2) is 0 Å². The van der Waals surface area contributed by atoms with Crippen LogP contribution in [0.4, 0.5) is 5.69 Å². The summed E-state index contributed by atoms with van der Waals surface area (Å²) in [5.41, 5.74) is 11.2. The molecule has 0 aromatic heterocycles. The molecular weight excluding hydrogens is 198 g/mol. The van der Waals surface area contributed by atoms with Gasteiger partial charge in [-0.15, -0.1) is 0 Å². The number of nitrogens with two attached hydrogens (primary N) is 2. The van der Waals surface area contributed by atoms with Crippen molar-refractivity contribution in [2.24, 2.45) is 11.5 Å². The Hall–Kier alpha value is -1.95. The number of benzene rings is 1. The first-order valence-corrected chi connectivity index (χ1v) is 4.29. The second-order valence-electron chi connectivity index (χ2n) is 3.14. The molecule has 0 fully saturated rings. The van der Waals surface area contributed by atoms with Crippen LogP contribution in [-0.4, -0.2) is 16.9 Å². The number of rotatable bonds is 4. The number of primary amides is 1. The highest BCUT2D eigenvalue weighted by atomic mass is 16.6. The highest BCUT2D eigenvalue weighted by Crippen LogP contribution is 2.12. The van der Waals surface area contributed by atoms with Crippen LogP contribution in [0.3, 0.4) is 0 Å². The van der Waals surface area contributed by atoms with Crippen LogP contribution >= 0.6 is 0 Å². The van der Waals surface area contributed by atoms with E-state index in [0.717, 1.165) is 5.56 Å². The summed E-state index contributed by atoms with van der Waals surface area (Å²) in [5, 5.41) is 10.3. The molecule has 1 rings (SSSR count). The van der Waals surface area contributed by atoms with Gasteiger partial charge in [-0.1, -0.05) is 12.1 Å². The number of hydrogen-bond donors (Lipinski definition) is 2. The highest BCUT2D eigenvalue weighted by Gasteiger charge is 2.11. The van der Waals surface area contributed by atoms with E-state index in [1.165, 1.54) is 12.1 Å². The van der Waals surface area contributed by atoms with Gasteiger partial charge in [0, 0.05) is 12.1 Å². The van der Waals surface area contributed by atoms with Gasteiger partial charge in [-0.05, 0) is 12.0 Å². The molecule has 1 aromatic rings. The van der Waals surface area contributed by atoms with Crippen molar-refractivity contribution in [2.45, 2.75) is 12.5 Å². The monoisotopic (exact) mass is 209 g/mol. The van der Waals surface area contributed by atoms with Crippen molar-refractivity contribution >= 4 is 11.6 Å². The van der Waals surface area contributed by atoms with Crippen LogP contribution in [0.5, 0.6) is 0 Å². The Bertz CT molecular complexity index is 375. The molecule has 0 saturated carbocycles. The highest BCUT2D eigenvalue weighted by molar-refractivity contribution is 5.79. The van der Waals surface area contributed by atoms with E-state index in [1.54, 1.807) is 12.1 Å². The third-order valence-electron chi connectivity index (χ3n) is 1.97. The van der Waals surface area contributed by atoms with E-state index in [4.69, 9.17) is 11.5 Å². The largest absolute Gasteiger partial charge is 0.368 e. The quantitative estimate of drug-likeness (QED) is 0.534. The number of carbonyl (C=O) groups is 1. The predicted octanol–water partition coefficient (Wildman–Crippen LogP) is -0.0501. The number of non-ortho nitro benzene ring substituents is 1. The summed E-state index contributed by atoms with van der Waals surface area (Å²) < 4.78 is 0. The van der Waals surface area contributed by atoms with E-state index in [0.29, 0.717) is 0 Å². The zero-order chi connectivity index (χ0) is 11.4. The minimum atomic E-state index is -0.758. The van der Waals surface area contributed by atoms with Gasteiger partial charge in [0.25, 0.3) is 5.69 Å². The standard InChI is InChI=1S/C9H11N3O3/c10-8(9(11)13)5-6-1-3-7(4-2-6)12(14)15/h1-4,8H,5,10H2,(H2,11,13)/t8-/m1/s1. The summed E-state index contributed by atoms with van der Waals surface area (Å²) in [4.78, 5) is 20.5. The van der Waals surface area contributed by atoms with Crippen molar-refractivity contribution < 1.29 is 9.72 Å². The van der Waals surface area contributed by atoms with Gasteiger partial charge in [-0.3, -0.25) is 14.9 Å². The molecule has 1 aromatic carbocycles. The number of nitro groups is 1. The van der Waals surface area contributed by atoms with Gasteiger partial charge >= 0.3 is 0 Å². The van der Waals surface area contributed by atoms with E-state index >= 15 is 0 Å². The fourth-order valence-electron chi connectivity index (χ4n) is 1.11. The smallest absolute Gasteiger partial charge is 0.269 e. The van der Waals surface area contributed by atoms with Crippen LogP contribution in [0.25, 0.3) is 0 Å². The molecule has 6 nitrogen and oxygen atoms in total. The maximum atomic E-state index is 10.7. The maximum Gasteiger partial charge on any atom is 0.269 e. The van der Waals surface area contributed by atoms with E-state index in [2.05, 4.69) is 0 Å². The first kappa shape index (κ1) is 11.1. The molecule has 0 aliphatic rings. The van der Waals surface area contributed by atoms with Crippen LogP contribution in [0.1, 0.15) is 5.56 Å². The Morgan fingerprint density at radius 1 is 1.40 bits per heavy atom. The third kappa shape index (κ3) is 3.03. The number of carbonyl (C=O) groups excluding carboxylic acids is 1. The van der Waals surface area contributed by atoms with Crippen molar-refractivity contribution in [2.75, 3.05) is 0 Å². The number of nitro benzene ring substituents is 1. The molecule has 0 spiro atoms. The Kier molecular flexibility index (Phi) is 3.35. The summed E-state index contributed by atoms with van der Waals surface area (Å²) >= 11 is 0. The van der Waals surface area contributed by atoms with Gasteiger partial charge in [-0.2, -0.15) is 0 Å². The molecule has 0 saturated heterocycles. The zero-order valence-electron chi connectivity index (χ0n) is 7.92. The lowest BCUT2D eigenvalue weighted by atomic mass is 10.1. The molecule has 0 aliphatic heterocycles. The average molecular weight is 209 g/mol. The van der Waals surface area contributed by atoms with Crippen LogP contribution in [0.15, 0.2) is 24.3 Å². The lowest BCUT2D eigenvalue weighted by Gasteiger charge is -2.06. The first-order valence-electron chi connectivity index (χ1n) is 4.29. The molecule has 4 N–H and O–H groups in total. The van der Waals surface area contributed by atoms with Gasteiger partial charge in [0.1, 0.15) is 0 Å². The topological polar surface area (TPSA) is 112 Å². The normalized spacial score (nSPS) is 12.1. The Morgan fingerprint density at radius 3 is 2.33 bits per heavy atom. The number of hydrogen-bond acceptors (Lipinski definition) is 4. The molecule has 15 heavy (non-hydrogen) atoms. The van der Waals surface area contributed by atoms with E-state index < -0.39 is 16.9 Å². The van der Waals surface area contributed by atoms with Gasteiger partial charge in [0.05, 0.1) is 11.0 Å². The molecule has 0 unspecified atom stereocenters. The molecule has 0 bridgehead atoms. The van der Waals surface area contributed by atoms with Crippen LogP contribution in [0, 0.1) is 10.1 Å². The number of nitrogens with zero attached hydrogens (tertiary/aromatic N) is 1. The Labute approximate surface area is 86.0 Å². The van der Waals surface area contributed by atoms with Crippen molar-refractivity contribution in [1.29, 1.82) is 0 Å². The second kappa shape index (κ2) is 4.52. The molecule has 1 amide bonds. The Balaban J connectivity index is 2.72. The van der Waals surface area contributed by atoms with E-state index in [1.807, 2.05) is 0 Å². The van der Waals surface area contributed by atoms with Gasteiger partial charge in [0.15, 0.2) is 0 Å². The maximum absolute atomic E-state index is 10.7. The molecule has 1 atom stereocenters. The second-order valence-corrected chi connectivity index (χ2v) is 3.14. The minimum absolute atomic E-state index is 0.00592. The summed E-state index contributed by atoms with van der Waals surface area (Å²) in [5.74, 6) is -0.589. The molecular formula is C9H11N3O3. The fraction of sp³-hybridized carbons (Fsp3) is 0.222. The fourth-order valence-corrected chi connectivity index (χ4v) is 1.11. The van der Waals surface area contributed by atoms with Crippen LogP contribution in [0.2, 0.25) is 0 Å². The third-order valence-corrected chi connectivity index (χ3v) is 1.97. The van der Waals surface area contributed by atoms with E-state index in [-0.39, 0.29) is 12.1 Å². The molecule has 0 heterocycles. The first-order chi connectivity index (χ1) is 7.00. The van der Waals surface area contributed by atoms with Gasteiger partial charge < -0.3 is 11.5 Å².